The van der Waals surface area contributed by atoms with Crippen LogP contribution >= 0.6 is 11.3 Å². The molecule has 1 aromatic carbocycles. The van der Waals surface area contributed by atoms with Crippen molar-refractivity contribution in [1.29, 1.82) is 0 Å². The fourth-order valence-electron chi connectivity index (χ4n) is 3.80. The molecule has 0 saturated heterocycles. The van der Waals surface area contributed by atoms with Crippen LogP contribution in [0, 0.1) is 13.8 Å². The van der Waals surface area contributed by atoms with Crippen molar-refractivity contribution in [1.82, 2.24) is 30.1 Å². The molecule has 0 aliphatic carbocycles. The molecule has 0 aliphatic rings. The highest BCUT2D eigenvalue weighted by Gasteiger charge is 2.25. The van der Waals surface area contributed by atoms with Gasteiger partial charge in [0.25, 0.3) is 5.56 Å². The highest BCUT2D eigenvalue weighted by molar-refractivity contribution is 7.09. The van der Waals surface area contributed by atoms with Crippen LogP contribution in [0.2, 0.25) is 0 Å². The Hall–Kier alpha value is -2.84. The summed E-state index contributed by atoms with van der Waals surface area (Å²) in [5, 5.41) is 15.6. The zero-order valence-corrected chi connectivity index (χ0v) is 20.2. The van der Waals surface area contributed by atoms with E-state index in [1.165, 1.54) is 16.0 Å². The van der Waals surface area contributed by atoms with Gasteiger partial charge in [0.05, 0.1) is 12.1 Å². The molecule has 0 fully saturated rings. The molecule has 3 aromatic heterocycles. The topological polar surface area (TPSA) is 79.7 Å². The fourth-order valence-corrected chi connectivity index (χ4v) is 4.54. The quantitative estimate of drug-likeness (QED) is 0.426. The Bertz CT molecular complexity index is 1270. The summed E-state index contributed by atoms with van der Waals surface area (Å²) in [6.45, 7) is 12.3. The van der Waals surface area contributed by atoms with Gasteiger partial charge in [0, 0.05) is 29.0 Å². The molecule has 0 radical (unpaired) electrons. The predicted molar refractivity (Wildman–Crippen MR) is 129 cm³/mol. The molecule has 4 rings (SSSR count). The zero-order chi connectivity index (χ0) is 22.9. The van der Waals surface area contributed by atoms with Crippen LogP contribution in [0.4, 0.5) is 0 Å². The highest BCUT2D eigenvalue weighted by atomic mass is 32.1. The van der Waals surface area contributed by atoms with Crippen LogP contribution in [0.25, 0.3) is 10.9 Å². The number of thiophene rings is 1. The number of aromatic amines is 1. The van der Waals surface area contributed by atoms with Gasteiger partial charge in [-0.3, -0.25) is 9.69 Å². The van der Waals surface area contributed by atoms with Crippen molar-refractivity contribution in [3.8, 4) is 0 Å². The summed E-state index contributed by atoms with van der Waals surface area (Å²) in [5.41, 5.74) is 3.78. The number of rotatable bonds is 8. The van der Waals surface area contributed by atoms with Gasteiger partial charge in [0.1, 0.15) is 0 Å². The van der Waals surface area contributed by atoms with Crippen molar-refractivity contribution in [3.05, 3.63) is 73.5 Å². The minimum atomic E-state index is -0.177. The van der Waals surface area contributed by atoms with Crippen molar-refractivity contribution in [2.24, 2.45) is 0 Å². The molecule has 4 aromatic rings. The molecule has 8 heteroatoms. The number of aromatic nitrogens is 5. The Morgan fingerprint density at radius 2 is 1.91 bits per heavy atom. The van der Waals surface area contributed by atoms with E-state index in [-0.39, 0.29) is 11.1 Å². The van der Waals surface area contributed by atoms with E-state index in [9.17, 15) is 4.79 Å². The van der Waals surface area contributed by atoms with Gasteiger partial charge in [-0.25, -0.2) is 4.68 Å². The molecule has 1 N–H and O–H groups in total. The highest BCUT2D eigenvalue weighted by Crippen LogP contribution is 2.22. The second-order valence-corrected chi connectivity index (χ2v) is 10.1. The molecule has 3 heterocycles. The summed E-state index contributed by atoms with van der Waals surface area (Å²) in [7, 11) is 0. The number of hydrogen-bond donors (Lipinski definition) is 1. The average Bonchev–Trinajstić information content (AvgIpc) is 3.42. The largest absolute Gasteiger partial charge is 0.322 e. The molecule has 0 aliphatic heterocycles. The lowest BCUT2D eigenvalue weighted by Crippen LogP contribution is -2.32. The first-order chi connectivity index (χ1) is 15.3. The molecular weight excluding hydrogens is 420 g/mol. The summed E-state index contributed by atoms with van der Waals surface area (Å²) in [5.74, 6) is 0.803. The maximum Gasteiger partial charge on any atom is 0.252 e. The minimum absolute atomic E-state index is 0.0505. The smallest absolute Gasteiger partial charge is 0.252 e. The number of hydrogen-bond acceptors (Lipinski definition) is 6. The maximum atomic E-state index is 12.9. The summed E-state index contributed by atoms with van der Waals surface area (Å²) >= 11 is 1.71. The van der Waals surface area contributed by atoms with Gasteiger partial charge in [-0.2, -0.15) is 0 Å². The molecule has 0 bridgehead atoms. The van der Waals surface area contributed by atoms with E-state index in [1.807, 2.05) is 16.8 Å². The van der Waals surface area contributed by atoms with Gasteiger partial charge in [-0.15, -0.1) is 16.4 Å². The van der Waals surface area contributed by atoms with Crippen LogP contribution < -0.4 is 5.56 Å². The van der Waals surface area contributed by atoms with Crippen LogP contribution in [0.3, 0.4) is 0 Å². The Labute approximate surface area is 192 Å². The Morgan fingerprint density at radius 3 is 2.62 bits per heavy atom. The summed E-state index contributed by atoms with van der Waals surface area (Å²) in [4.78, 5) is 19.5. The third-order valence-electron chi connectivity index (χ3n) is 6.23. The van der Waals surface area contributed by atoms with Crippen molar-refractivity contribution >= 4 is 22.2 Å². The number of fused-ring (bicyclic) bond motifs is 1. The second kappa shape index (κ2) is 8.96. The standard InChI is InChI=1S/C24H30N6OS/c1-6-24(4,5)30-22(26-27-28-30)15-29(14-20-8-7-9-32-20)13-19-12-18-10-16(2)17(3)11-21(18)25-23(19)31/h7-12H,6,13-15H2,1-5H3,(H,25,31). The van der Waals surface area contributed by atoms with E-state index < -0.39 is 0 Å². The number of H-pyrrole nitrogens is 1. The Kier molecular flexibility index (Phi) is 6.26. The number of nitrogens with zero attached hydrogens (tertiary/aromatic N) is 5. The number of nitrogens with one attached hydrogen (secondary N) is 1. The normalized spacial score (nSPS) is 12.2. The van der Waals surface area contributed by atoms with Crippen molar-refractivity contribution in [2.75, 3.05) is 0 Å². The number of pyridine rings is 1. The zero-order valence-electron chi connectivity index (χ0n) is 19.3. The van der Waals surface area contributed by atoms with E-state index in [0.29, 0.717) is 13.1 Å². The SMILES string of the molecule is CCC(C)(C)n1nnnc1CN(Cc1cccs1)Cc1cc2cc(C)c(C)cc2[nH]c1=O. The van der Waals surface area contributed by atoms with Gasteiger partial charge in [-0.1, -0.05) is 13.0 Å². The molecule has 0 atom stereocenters. The number of aryl methyl sites for hydroxylation is 2. The van der Waals surface area contributed by atoms with E-state index >= 15 is 0 Å². The van der Waals surface area contributed by atoms with Crippen LogP contribution in [0.5, 0.6) is 0 Å². The van der Waals surface area contributed by atoms with Gasteiger partial charge in [0.2, 0.25) is 0 Å². The predicted octanol–water partition coefficient (Wildman–Crippen LogP) is 4.54. The van der Waals surface area contributed by atoms with Crippen molar-refractivity contribution in [3.63, 3.8) is 0 Å². The molecule has 0 saturated carbocycles. The van der Waals surface area contributed by atoms with Crippen molar-refractivity contribution in [2.45, 2.75) is 66.2 Å². The van der Waals surface area contributed by atoms with Gasteiger partial charge in [-0.05, 0) is 90.7 Å². The molecule has 0 unspecified atom stereocenters. The Balaban J connectivity index is 1.68. The first kappa shape index (κ1) is 22.4. The second-order valence-electron chi connectivity index (χ2n) is 9.04. The number of tetrazole rings is 1. The summed E-state index contributed by atoms with van der Waals surface area (Å²) in [6, 6.07) is 10.4. The summed E-state index contributed by atoms with van der Waals surface area (Å²) < 4.78 is 1.91. The fraction of sp³-hybridized carbons (Fsp3) is 0.417. The Morgan fingerprint density at radius 1 is 1.12 bits per heavy atom. The lowest BCUT2D eigenvalue weighted by Gasteiger charge is -2.26. The average molecular weight is 451 g/mol. The third-order valence-corrected chi connectivity index (χ3v) is 7.09. The van der Waals surface area contributed by atoms with Crippen LogP contribution in [0.1, 0.15) is 54.6 Å². The molecular formula is C24H30N6OS. The first-order valence-electron chi connectivity index (χ1n) is 10.9. The van der Waals surface area contributed by atoms with Gasteiger partial charge >= 0.3 is 0 Å². The minimum Gasteiger partial charge on any atom is -0.322 e. The molecule has 168 valence electrons. The molecule has 0 spiro atoms. The third kappa shape index (κ3) is 4.66. The molecule has 32 heavy (non-hydrogen) atoms. The monoisotopic (exact) mass is 450 g/mol. The lowest BCUT2D eigenvalue weighted by molar-refractivity contribution is 0.218. The van der Waals surface area contributed by atoms with Crippen LogP contribution in [0.15, 0.2) is 40.5 Å². The van der Waals surface area contributed by atoms with E-state index in [2.05, 4.69) is 83.6 Å². The van der Waals surface area contributed by atoms with Crippen LogP contribution in [-0.4, -0.2) is 30.1 Å². The van der Waals surface area contributed by atoms with E-state index in [0.717, 1.165) is 35.3 Å². The molecule has 0 amide bonds. The lowest BCUT2D eigenvalue weighted by atomic mass is 10.0. The number of benzene rings is 1. The van der Waals surface area contributed by atoms with Crippen molar-refractivity contribution < 1.29 is 0 Å². The van der Waals surface area contributed by atoms with E-state index in [1.54, 1.807) is 11.3 Å². The van der Waals surface area contributed by atoms with E-state index in [4.69, 9.17) is 0 Å². The van der Waals surface area contributed by atoms with Gasteiger partial charge < -0.3 is 4.98 Å². The maximum absolute atomic E-state index is 12.9. The molecule has 7 nitrogen and oxygen atoms in total. The summed E-state index contributed by atoms with van der Waals surface area (Å²) in [6.07, 6.45) is 0.916. The van der Waals surface area contributed by atoms with Gasteiger partial charge in [0.15, 0.2) is 5.82 Å². The van der Waals surface area contributed by atoms with Crippen LogP contribution in [-0.2, 0) is 25.2 Å². The first-order valence-corrected chi connectivity index (χ1v) is 11.8.